The van der Waals surface area contributed by atoms with Crippen LogP contribution in [0.3, 0.4) is 0 Å². The van der Waals surface area contributed by atoms with Gasteiger partial charge in [-0.1, -0.05) is 6.07 Å². The zero-order valence-corrected chi connectivity index (χ0v) is 13.8. The molecule has 1 amide bonds. The zero-order valence-electron chi connectivity index (χ0n) is 12.1. The molecule has 0 aliphatic rings. The highest BCUT2D eigenvalue weighted by atomic mass is 32.2. The maximum atomic E-state index is 12.5. The Kier molecular flexibility index (Phi) is 4.24. The summed E-state index contributed by atoms with van der Waals surface area (Å²) in [6, 6.07) is 12.7. The number of nitrogens with zero attached hydrogens (tertiary/aromatic N) is 3. The van der Waals surface area contributed by atoms with Crippen molar-refractivity contribution in [2.24, 2.45) is 0 Å². The average Bonchev–Trinajstić information content (AvgIpc) is 3.03. The Morgan fingerprint density at radius 1 is 1.17 bits per heavy atom. The molecule has 0 aliphatic carbocycles. The fourth-order valence-electron chi connectivity index (χ4n) is 2.11. The van der Waals surface area contributed by atoms with Crippen molar-refractivity contribution < 1.29 is 13.2 Å². The number of aromatic nitrogens is 2. The van der Waals surface area contributed by atoms with Crippen LogP contribution in [0.5, 0.6) is 0 Å². The smallest absolute Gasteiger partial charge is 0.239 e. The number of carbonyl (C=O) groups excluding carboxylic acids is 1. The minimum Gasteiger partial charge on any atom is -0.325 e. The lowest BCUT2D eigenvalue weighted by molar-refractivity contribution is -0.113. The van der Waals surface area contributed by atoms with Crippen molar-refractivity contribution in [3.8, 4) is 6.07 Å². The third kappa shape index (κ3) is 3.24. The van der Waals surface area contributed by atoms with E-state index in [2.05, 4.69) is 14.1 Å². The van der Waals surface area contributed by atoms with Crippen molar-refractivity contribution in [1.29, 1.82) is 5.26 Å². The molecule has 0 atom stereocenters. The van der Waals surface area contributed by atoms with Crippen LogP contribution in [-0.2, 0) is 14.6 Å². The van der Waals surface area contributed by atoms with Gasteiger partial charge in [0, 0.05) is 5.69 Å². The molecule has 7 nitrogen and oxygen atoms in total. The molecule has 3 aromatic rings. The van der Waals surface area contributed by atoms with E-state index in [4.69, 9.17) is 5.26 Å². The lowest BCUT2D eigenvalue weighted by Crippen LogP contribution is -2.23. The molecule has 2 aromatic carbocycles. The highest BCUT2D eigenvalue weighted by Crippen LogP contribution is 2.22. The van der Waals surface area contributed by atoms with Gasteiger partial charge in [0.25, 0.3) is 0 Å². The molecule has 3 rings (SSSR count). The molecule has 1 aromatic heterocycles. The molecule has 0 aliphatic heterocycles. The van der Waals surface area contributed by atoms with Crippen LogP contribution in [0.4, 0.5) is 5.69 Å². The van der Waals surface area contributed by atoms with Gasteiger partial charge in [0.05, 0.1) is 28.3 Å². The van der Waals surface area contributed by atoms with Crippen molar-refractivity contribution in [2.75, 3.05) is 11.1 Å². The van der Waals surface area contributed by atoms with Gasteiger partial charge in [-0.3, -0.25) is 4.79 Å². The Morgan fingerprint density at radius 3 is 2.62 bits per heavy atom. The first kappa shape index (κ1) is 16.0. The van der Waals surface area contributed by atoms with Gasteiger partial charge in [-0.2, -0.15) is 14.0 Å². The molecule has 1 N–H and O–H groups in total. The molecule has 0 fully saturated rings. The number of carbonyl (C=O) groups is 1. The summed E-state index contributed by atoms with van der Waals surface area (Å²) in [5, 5.41) is 11.2. The quantitative estimate of drug-likeness (QED) is 0.763. The predicted molar refractivity (Wildman–Crippen MR) is 89.3 cm³/mol. The Balaban J connectivity index is 1.80. The molecule has 1 heterocycles. The van der Waals surface area contributed by atoms with Gasteiger partial charge >= 0.3 is 0 Å². The first-order valence-electron chi connectivity index (χ1n) is 6.74. The van der Waals surface area contributed by atoms with Crippen molar-refractivity contribution in [2.45, 2.75) is 4.90 Å². The molecule has 0 spiro atoms. The van der Waals surface area contributed by atoms with E-state index >= 15 is 0 Å². The second-order valence-electron chi connectivity index (χ2n) is 4.88. The second kappa shape index (κ2) is 6.35. The number of nitriles is 1. The molecule has 0 radical (unpaired) electrons. The summed E-state index contributed by atoms with van der Waals surface area (Å²) in [6.45, 7) is 0. The minimum absolute atomic E-state index is 0.0104. The van der Waals surface area contributed by atoms with E-state index in [0.29, 0.717) is 16.8 Å². The topological polar surface area (TPSA) is 113 Å². The van der Waals surface area contributed by atoms with Crippen molar-refractivity contribution in [3.63, 3.8) is 0 Å². The average molecular weight is 358 g/mol. The summed E-state index contributed by atoms with van der Waals surface area (Å²) in [5.41, 5.74) is 1.62. The summed E-state index contributed by atoms with van der Waals surface area (Å²) in [4.78, 5) is 12.0. The maximum Gasteiger partial charge on any atom is 0.239 e. The van der Waals surface area contributed by atoms with E-state index < -0.39 is 21.5 Å². The molecule has 9 heteroatoms. The number of amides is 1. The van der Waals surface area contributed by atoms with E-state index in [1.807, 2.05) is 6.07 Å². The number of fused-ring (bicyclic) bond motifs is 1. The zero-order chi connectivity index (χ0) is 17.2. The Morgan fingerprint density at radius 2 is 1.92 bits per heavy atom. The molecule has 120 valence electrons. The fourth-order valence-corrected chi connectivity index (χ4v) is 4.02. The number of rotatable bonds is 4. The van der Waals surface area contributed by atoms with Crippen LogP contribution in [-0.4, -0.2) is 28.8 Å². The van der Waals surface area contributed by atoms with Crippen LogP contribution in [0.25, 0.3) is 11.0 Å². The molecule has 0 unspecified atom stereocenters. The van der Waals surface area contributed by atoms with Crippen LogP contribution in [0.1, 0.15) is 5.56 Å². The first-order valence-corrected chi connectivity index (χ1v) is 9.12. The van der Waals surface area contributed by atoms with Crippen LogP contribution < -0.4 is 5.32 Å². The van der Waals surface area contributed by atoms with Gasteiger partial charge in [0.15, 0.2) is 9.84 Å². The maximum absolute atomic E-state index is 12.5. The number of hydrogen-bond acceptors (Lipinski definition) is 7. The molecular formula is C15H10N4O3S2. The van der Waals surface area contributed by atoms with Gasteiger partial charge in [0.2, 0.25) is 5.91 Å². The van der Waals surface area contributed by atoms with E-state index in [9.17, 15) is 13.2 Å². The molecule has 0 saturated carbocycles. The fraction of sp³-hybridized carbons (Fsp3) is 0.0667. The number of hydrogen-bond donors (Lipinski definition) is 1. The van der Waals surface area contributed by atoms with Crippen molar-refractivity contribution in [3.05, 3.63) is 48.0 Å². The number of sulfone groups is 1. The molecule has 24 heavy (non-hydrogen) atoms. The Bertz CT molecular complexity index is 1050. The van der Waals surface area contributed by atoms with Crippen LogP contribution in [0.2, 0.25) is 0 Å². The second-order valence-corrected chi connectivity index (χ2v) is 7.37. The third-order valence-corrected chi connectivity index (χ3v) is 5.39. The normalized spacial score (nSPS) is 11.1. The van der Waals surface area contributed by atoms with Gasteiger partial charge < -0.3 is 5.32 Å². The minimum atomic E-state index is -3.85. The standard InChI is InChI=1S/C15H10N4O3S2/c16-8-10-4-6-11(7-5-10)17-14(20)9-24(21,22)13-3-1-2-12-15(13)19-23-18-12/h1-7H,9H2,(H,17,20). The Hall–Kier alpha value is -2.83. The third-order valence-electron chi connectivity index (χ3n) is 3.20. The summed E-state index contributed by atoms with van der Waals surface area (Å²) in [5.74, 6) is -1.37. The van der Waals surface area contributed by atoms with E-state index in [-0.39, 0.29) is 10.4 Å². The van der Waals surface area contributed by atoms with Gasteiger partial charge in [-0.25, -0.2) is 8.42 Å². The predicted octanol–water partition coefficient (Wildman–Crippen LogP) is 1.98. The number of benzene rings is 2. The van der Waals surface area contributed by atoms with Crippen molar-refractivity contribution >= 4 is 44.2 Å². The van der Waals surface area contributed by atoms with Crippen LogP contribution in [0.15, 0.2) is 47.4 Å². The van der Waals surface area contributed by atoms with Crippen LogP contribution in [0, 0.1) is 11.3 Å². The van der Waals surface area contributed by atoms with E-state index in [1.54, 1.807) is 12.1 Å². The SMILES string of the molecule is N#Cc1ccc(NC(=O)CS(=O)(=O)c2cccc3nsnc23)cc1. The van der Waals surface area contributed by atoms with Crippen molar-refractivity contribution in [1.82, 2.24) is 8.75 Å². The van der Waals surface area contributed by atoms with Crippen LogP contribution >= 0.6 is 11.7 Å². The number of nitrogens with one attached hydrogen (secondary N) is 1. The van der Waals surface area contributed by atoms with Gasteiger partial charge in [0.1, 0.15) is 16.8 Å². The van der Waals surface area contributed by atoms with E-state index in [1.165, 1.54) is 30.3 Å². The van der Waals surface area contributed by atoms with Gasteiger partial charge in [-0.05, 0) is 36.4 Å². The Labute approximate surface area is 141 Å². The summed E-state index contributed by atoms with van der Waals surface area (Å²) in [6.07, 6.45) is 0. The number of anilines is 1. The van der Waals surface area contributed by atoms with E-state index in [0.717, 1.165) is 11.7 Å². The monoisotopic (exact) mass is 358 g/mol. The lowest BCUT2D eigenvalue weighted by atomic mass is 10.2. The molecular weight excluding hydrogens is 348 g/mol. The highest BCUT2D eigenvalue weighted by molar-refractivity contribution is 7.92. The summed E-state index contributed by atoms with van der Waals surface area (Å²) >= 11 is 0.917. The largest absolute Gasteiger partial charge is 0.325 e. The first-order chi connectivity index (χ1) is 11.5. The summed E-state index contributed by atoms with van der Waals surface area (Å²) < 4.78 is 32.9. The highest BCUT2D eigenvalue weighted by Gasteiger charge is 2.23. The van der Waals surface area contributed by atoms with Gasteiger partial charge in [-0.15, -0.1) is 0 Å². The lowest BCUT2D eigenvalue weighted by Gasteiger charge is -2.07. The molecule has 0 saturated heterocycles. The summed E-state index contributed by atoms with van der Waals surface area (Å²) in [7, 11) is -3.85. The molecule has 0 bridgehead atoms.